The number of aryl methyl sites for hydroxylation is 3. The molecular weight excluding hydrogens is 490 g/mol. The number of ether oxygens (including phenoxy) is 2. The molecule has 0 aliphatic rings. The van der Waals surface area contributed by atoms with E-state index in [9.17, 15) is 9.59 Å². The number of fused-ring (bicyclic) bond motifs is 1. The van der Waals surface area contributed by atoms with E-state index in [1.54, 1.807) is 28.7 Å². The van der Waals surface area contributed by atoms with E-state index < -0.39 is 11.7 Å². The molecule has 0 unspecified atom stereocenters. The molecule has 0 aliphatic heterocycles. The Morgan fingerprint density at radius 1 is 0.821 bits per heavy atom. The zero-order valence-electron chi connectivity index (χ0n) is 22.1. The Hall–Kier alpha value is -4.91. The van der Waals surface area contributed by atoms with Crippen LogP contribution in [0.25, 0.3) is 16.6 Å². The number of pyridine rings is 2. The number of ketones is 1. The number of amides is 1. The predicted molar refractivity (Wildman–Crippen MR) is 152 cm³/mol. The summed E-state index contributed by atoms with van der Waals surface area (Å²) < 4.78 is 13.2. The monoisotopic (exact) mass is 519 g/mol. The van der Waals surface area contributed by atoms with Crippen molar-refractivity contribution in [2.24, 2.45) is 0 Å². The Balaban J connectivity index is 1.24. The fourth-order valence-electron chi connectivity index (χ4n) is 4.47. The van der Waals surface area contributed by atoms with Gasteiger partial charge >= 0.3 is 0 Å². The van der Waals surface area contributed by atoms with Crippen LogP contribution in [-0.4, -0.2) is 34.3 Å². The number of rotatable bonds is 9. The molecule has 0 radical (unpaired) electrons. The first-order valence-electron chi connectivity index (χ1n) is 12.7. The average molecular weight is 520 g/mol. The van der Waals surface area contributed by atoms with E-state index in [4.69, 9.17) is 9.47 Å². The summed E-state index contributed by atoms with van der Waals surface area (Å²) in [5.41, 5.74) is 6.31. The number of hydrogen-bond acceptors (Lipinski definition) is 5. The zero-order chi connectivity index (χ0) is 27.4. The normalized spacial score (nSPS) is 10.8. The minimum Gasteiger partial charge on any atom is -0.490 e. The molecule has 3 heterocycles. The molecule has 5 aromatic rings. The van der Waals surface area contributed by atoms with E-state index >= 15 is 0 Å². The number of benzene rings is 2. The SMILES string of the molecule is Cc1cc(C)nc(OCCOc2ccc(NC(=O)C(=O)c3c(-c4ccccc4)cc4cc(C)ccn34)cc2)c1. The van der Waals surface area contributed by atoms with E-state index in [-0.39, 0.29) is 0 Å². The Morgan fingerprint density at radius 3 is 2.31 bits per heavy atom. The van der Waals surface area contributed by atoms with Gasteiger partial charge in [0.15, 0.2) is 0 Å². The van der Waals surface area contributed by atoms with Crippen LogP contribution in [0.1, 0.15) is 27.3 Å². The van der Waals surface area contributed by atoms with Crippen molar-refractivity contribution in [3.63, 3.8) is 0 Å². The molecule has 0 atom stereocenters. The molecule has 39 heavy (non-hydrogen) atoms. The van der Waals surface area contributed by atoms with Gasteiger partial charge in [-0.25, -0.2) is 4.98 Å². The summed E-state index contributed by atoms with van der Waals surface area (Å²) in [5, 5.41) is 2.72. The maximum absolute atomic E-state index is 13.4. The number of anilines is 1. The molecule has 0 spiro atoms. The number of nitrogens with zero attached hydrogens (tertiary/aromatic N) is 2. The van der Waals surface area contributed by atoms with Crippen LogP contribution in [0.4, 0.5) is 5.69 Å². The number of nitrogens with one attached hydrogen (secondary N) is 1. The second-order valence-electron chi connectivity index (χ2n) is 9.40. The molecule has 1 N–H and O–H groups in total. The van der Waals surface area contributed by atoms with Crippen molar-refractivity contribution in [2.75, 3.05) is 18.5 Å². The van der Waals surface area contributed by atoms with Gasteiger partial charge in [0.05, 0.1) is 0 Å². The molecule has 196 valence electrons. The first kappa shape index (κ1) is 25.7. The van der Waals surface area contributed by atoms with Gasteiger partial charge in [0.2, 0.25) is 5.88 Å². The lowest BCUT2D eigenvalue weighted by Gasteiger charge is -2.10. The Morgan fingerprint density at radius 2 is 1.56 bits per heavy atom. The van der Waals surface area contributed by atoms with Crippen LogP contribution in [0.2, 0.25) is 0 Å². The third-order valence-electron chi connectivity index (χ3n) is 6.22. The molecule has 3 aromatic heterocycles. The molecule has 0 aliphatic carbocycles. The maximum atomic E-state index is 13.4. The van der Waals surface area contributed by atoms with Crippen LogP contribution in [0.15, 0.2) is 91.1 Å². The highest BCUT2D eigenvalue weighted by Gasteiger charge is 2.25. The van der Waals surface area contributed by atoms with Crippen LogP contribution in [0.5, 0.6) is 11.6 Å². The number of carbonyl (C=O) groups is 2. The van der Waals surface area contributed by atoms with Gasteiger partial charge < -0.3 is 19.2 Å². The van der Waals surface area contributed by atoms with Gasteiger partial charge in [0, 0.05) is 34.7 Å². The van der Waals surface area contributed by atoms with Crippen molar-refractivity contribution in [1.82, 2.24) is 9.38 Å². The van der Waals surface area contributed by atoms with Crippen LogP contribution < -0.4 is 14.8 Å². The minimum absolute atomic E-state index is 0.326. The second kappa shape index (κ2) is 11.2. The lowest BCUT2D eigenvalue weighted by molar-refractivity contribution is -0.112. The molecular formula is C32H29N3O4. The van der Waals surface area contributed by atoms with Crippen molar-refractivity contribution in [2.45, 2.75) is 20.8 Å². The smallest absolute Gasteiger partial charge is 0.298 e. The molecule has 5 rings (SSSR count). The van der Waals surface area contributed by atoms with Gasteiger partial charge in [-0.2, -0.15) is 0 Å². The van der Waals surface area contributed by atoms with E-state index in [1.807, 2.05) is 87.6 Å². The number of hydrogen-bond donors (Lipinski definition) is 1. The maximum Gasteiger partial charge on any atom is 0.298 e. The van der Waals surface area contributed by atoms with Gasteiger partial charge in [-0.1, -0.05) is 30.3 Å². The molecule has 0 bridgehead atoms. The molecule has 7 nitrogen and oxygen atoms in total. The quantitative estimate of drug-likeness (QED) is 0.142. The Labute approximate surface area is 227 Å². The van der Waals surface area contributed by atoms with Gasteiger partial charge in [-0.15, -0.1) is 0 Å². The molecule has 2 aromatic carbocycles. The van der Waals surface area contributed by atoms with E-state index in [1.165, 1.54) is 0 Å². The van der Waals surface area contributed by atoms with E-state index in [0.29, 0.717) is 41.8 Å². The number of carbonyl (C=O) groups excluding carboxylic acids is 2. The molecule has 0 fully saturated rings. The van der Waals surface area contributed by atoms with Gasteiger partial charge in [0.25, 0.3) is 11.7 Å². The minimum atomic E-state index is -0.712. The van der Waals surface area contributed by atoms with E-state index in [0.717, 1.165) is 27.9 Å². The van der Waals surface area contributed by atoms with Gasteiger partial charge in [0.1, 0.15) is 24.7 Å². The van der Waals surface area contributed by atoms with Crippen molar-refractivity contribution in [3.05, 3.63) is 114 Å². The highest BCUT2D eigenvalue weighted by molar-refractivity contribution is 6.47. The fraction of sp³-hybridized carbons (Fsp3) is 0.156. The van der Waals surface area contributed by atoms with Gasteiger partial charge in [-0.3, -0.25) is 9.59 Å². The van der Waals surface area contributed by atoms with Crippen molar-refractivity contribution < 1.29 is 19.1 Å². The topological polar surface area (TPSA) is 81.9 Å². The lowest BCUT2D eigenvalue weighted by atomic mass is 10.0. The van der Waals surface area contributed by atoms with Crippen molar-refractivity contribution in [3.8, 4) is 22.8 Å². The first-order chi connectivity index (χ1) is 18.9. The molecule has 1 amide bonds. The highest BCUT2D eigenvalue weighted by atomic mass is 16.5. The average Bonchev–Trinajstić information content (AvgIpc) is 3.30. The first-order valence-corrected chi connectivity index (χ1v) is 12.7. The third kappa shape index (κ3) is 5.99. The summed E-state index contributed by atoms with van der Waals surface area (Å²) >= 11 is 0. The van der Waals surface area contributed by atoms with Crippen molar-refractivity contribution >= 4 is 22.9 Å². The summed E-state index contributed by atoms with van der Waals surface area (Å²) in [6, 6.07) is 26.2. The summed E-state index contributed by atoms with van der Waals surface area (Å²) in [4.78, 5) is 30.8. The number of Topliss-reactive ketones (excluding diaryl/α,β-unsaturated/α-hetero) is 1. The Bertz CT molecular complexity index is 1620. The Kier molecular flexibility index (Phi) is 7.41. The fourth-order valence-corrected chi connectivity index (χ4v) is 4.47. The summed E-state index contributed by atoms with van der Waals surface area (Å²) in [7, 11) is 0. The molecule has 0 saturated carbocycles. The molecule has 0 saturated heterocycles. The summed E-state index contributed by atoms with van der Waals surface area (Å²) in [6.45, 7) is 6.59. The number of aromatic nitrogens is 2. The van der Waals surface area contributed by atoms with E-state index in [2.05, 4.69) is 10.3 Å². The second-order valence-corrected chi connectivity index (χ2v) is 9.40. The van der Waals surface area contributed by atoms with Crippen LogP contribution in [-0.2, 0) is 4.79 Å². The summed E-state index contributed by atoms with van der Waals surface area (Å²) in [5.74, 6) is -0.137. The van der Waals surface area contributed by atoms with Crippen LogP contribution in [0, 0.1) is 20.8 Å². The largest absolute Gasteiger partial charge is 0.490 e. The van der Waals surface area contributed by atoms with Crippen molar-refractivity contribution in [1.29, 1.82) is 0 Å². The van der Waals surface area contributed by atoms with Crippen LogP contribution >= 0.6 is 0 Å². The standard InChI is InChI=1S/C32H29N3O4/c1-21-13-14-35-26(18-21)20-28(24-7-5-4-6-8-24)30(35)31(36)32(37)34-25-9-11-27(12-10-25)38-15-16-39-29-19-22(2)17-23(3)33-29/h4-14,17-20H,15-16H2,1-3H3,(H,34,37). The third-order valence-corrected chi connectivity index (χ3v) is 6.22. The zero-order valence-corrected chi connectivity index (χ0v) is 22.1. The summed E-state index contributed by atoms with van der Waals surface area (Å²) in [6.07, 6.45) is 1.82. The molecule has 7 heteroatoms. The van der Waals surface area contributed by atoms with Gasteiger partial charge in [-0.05, 0) is 86.0 Å². The lowest BCUT2D eigenvalue weighted by Crippen LogP contribution is -2.24. The highest BCUT2D eigenvalue weighted by Crippen LogP contribution is 2.29. The van der Waals surface area contributed by atoms with Crippen LogP contribution in [0.3, 0.4) is 0 Å². The predicted octanol–water partition coefficient (Wildman–Crippen LogP) is 6.21.